The van der Waals surface area contributed by atoms with Crippen molar-refractivity contribution in [2.75, 3.05) is 19.6 Å². The van der Waals surface area contributed by atoms with Crippen LogP contribution >= 0.6 is 0 Å². The average molecular weight is 338 g/mol. The van der Waals surface area contributed by atoms with Crippen molar-refractivity contribution < 1.29 is 4.79 Å². The Kier molecular flexibility index (Phi) is 4.57. The molecule has 2 fully saturated rings. The van der Waals surface area contributed by atoms with Gasteiger partial charge in [-0.2, -0.15) is 5.10 Å². The van der Waals surface area contributed by atoms with Crippen LogP contribution in [-0.2, 0) is 10.2 Å². The van der Waals surface area contributed by atoms with Gasteiger partial charge < -0.3 is 5.32 Å². The highest BCUT2D eigenvalue weighted by molar-refractivity contribution is 5.78. The van der Waals surface area contributed by atoms with Gasteiger partial charge in [-0.15, -0.1) is 0 Å². The van der Waals surface area contributed by atoms with Crippen molar-refractivity contribution >= 4 is 5.91 Å². The van der Waals surface area contributed by atoms with E-state index >= 15 is 0 Å². The molecule has 1 atom stereocenters. The third-order valence-electron chi connectivity index (χ3n) is 5.73. The first-order valence-corrected chi connectivity index (χ1v) is 9.32. The zero-order chi connectivity index (χ0) is 17.1. The first-order chi connectivity index (χ1) is 12.3. The molecule has 0 unspecified atom stereocenters. The van der Waals surface area contributed by atoms with Crippen LogP contribution in [0.4, 0.5) is 0 Å². The Morgan fingerprint density at radius 1 is 1.28 bits per heavy atom. The van der Waals surface area contributed by atoms with Crippen LogP contribution in [0, 0.1) is 0 Å². The molecule has 2 aromatic rings. The summed E-state index contributed by atoms with van der Waals surface area (Å²) in [6, 6.07) is 10.9. The maximum Gasteiger partial charge on any atom is 0.234 e. The van der Waals surface area contributed by atoms with Crippen LogP contribution in [-0.4, -0.2) is 40.6 Å². The minimum absolute atomic E-state index is 0.137. The molecule has 1 amide bonds. The molecule has 5 heteroatoms. The number of aromatic amines is 1. The van der Waals surface area contributed by atoms with Gasteiger partial charge in [-0.05, 0) is 37.8 Å². The number of nitrogens with one attached hydrogen (secondary N) is 2. The highest BCUT2D eigenvalue weighted by Crippen LogP contribution is 2.47. The summed E-state index contributed by atoms with van der Waals surface area (Å²) in [7, 11) is 0. The van der Waals surface area contributed by atoms with Crippen LogP contribution in [0.5, 0.6) is 0 Å². The van der Waals surface area contributed by atoms with E-state index < -0.39 is 0 Å². The van der Waals surface area contributed by atoms with E-state index in [1.165, 1.54) is 30.4 Å². The Morgan fingerprint density at radius 3 is 2.84 bits per heavy atom. The van der Waals surface area contributed by atoms with E-state index in [4.69, 9.17) is 0 Å². The molecular weight excluding hydrogens is 312 g/mol. The number of benzene rings is 1. The molecule has 1 aliphatic heterocycles. The number of piperidine rings is 1. The molecule has 1 aromatic carbocycles. The van der Waals surface area contributed by atoms with Gasteiger partial charge in [-0.25, -0.2) is 0 Å². The van der Waals surface area contributed by atoms with Crippen LogP contribution in [0.1, 0.15) is 49.3 Å². The first-order valence-electron chi connectivity index (χ1n) is 9.32. The molecule has 0 radical (unpaired) electrons. The van der Waals surface area contributed by atoms with Gasteiger partial charge in [0, 0.05) is 29.8 Å². The topological polar surface area (TPSA) is 61.0 Å². The molecule has 0 spiro atoms. The Morgan fingerprint density at radius 2 is 2.12 bits per heavy atom. The van der Waals surface area contributed by atoms with Crippen molar-refractivity contribution in [2.24, 2.45) is 0 Å². The summed E-state index contributed by atoms with van der Waals surface area (Å²) in [6.45, 7) is 2.20. The van der Waals surface area contributed by atoms with Gasteiger partial charge in [0.15, 0.2) is 0 Å². The Bertz CT molecular complexity index is 694. The lowest BCUT2D eigenvalue weighted by molar-refractivity contribution is -0.123. The largest absolute Gasteiger partial charge is 0.354 e. The molecular formula is C20H26N4O. The maximum absolute atomic E-state index is 12.6. The number of likely N-dealkylation sites (tertiary alicyclic amines) is 1. The molecule has 1 aromatic heterocycles. The summed E-state index contributed by atoms with van der Waals surface area (Å²) in [5, 5.41) is 10.2. The lowest BCUT2D eigenvalue weighted by Gasteiger charge is -2.34. The SMILES string of the molecule is O=C(CN1CCCC[C@H]1c1cn[nH]c1)NCC1(c2ccccc2)CC1. The summed E-state index contributed by atoms with van der Waals surface area (Å²) in [4.78, 5) is 14.9. The van der Waals surface area contributed by atoms with Crippen LogP contribution in [0.3, 0.4) is 0 Å². The van der Waals surface area contributed by atoms with Crippen molar-refractivity contribution in [1.29, 1.82) is 0 Å². The fourth-order valence-electron chi connectivity index (χ4n) is 4.02. The van der Waals surface area contributed by atoms with Crippen molar-refractivity contribution in [3.05, 3.63) is 53.9 Å². The highest BCUT2D eigenvalue weighted by Gasteiger charge is 2.44. The molecule has 0 bridgehead atoms. The zero-order valence-corrected chi connectivity index (χ0v) is 14.6. The van der Waals surface area contributed by atoms with Gasteiger partial charge in [0.05, 0.1) is 12.7 Å². The number of aromatic nitrogens is 2. The van der Waals surface area contributed by atoms with Crippen LogP contribution in [0.15, 0.2) is 42.7 Å². The number of nitrogens with zero attached hydrogens (tertiary/aromatic N) is 2. The molecule has 2 heterocycles. The van der Waals surface area contributed by atoms with Gasteiger partial charge in [0.25, 0.3) is 0 Å². The number of carbonyl (C=O) groups excluding carboxylic acids is 1. The lowest BCUT2D eigenvalue weighted by atomic mass is 9.96. The van der Waals surface area contributed by atoms with E-state index in [0.717, 1.165) is 25.9 Å². The second-order valence-corrected chi connectivity index (χ2v) is 7.44. The minimum atomic E-state index is 0.137. The predicted octanol–water partition coefficient (Wildman–Crippen LogP) is 2.78. The summed E-state index contributed by atoms with van der Waals surface area (Å²) in [6.07, 6.45) is 9.64. The third kappa shape index (κ3) is 3.61. The Balaban J connectivity index is 1.34. The van der Waals surface area contributed by atoms with Crippen molar-refractivity contribution in [1.82, 2.24) is 20.4 Å². The second kappa shape index (κ2) is 7.00. The van der Waals surface area contributed by atoms with E-state index in [9.17, 15) is 4.79 Å². The molecule has 4 rings (SSSR count). The third-order valence-corrected chi connectivity index (χ3v) is 5.73. The van der Waals surface area contributed by atoms with Crippen LogP contribution in [0.25, 0.3) is 0 Å². The predicted molar refractivity (Wildman–Crippen MR) is 97.1 cm³/mol. The van der Waals surface area contributed by atoms with Gasteiger partial charge >= 0.3 is 0 Å². The molecule has 1 saturated heterocycles. The maximum atomic E-state index is 12.6. The number of rotatable bonds is 6. The normalized spacial score (nSPS) is 22.5. The first kappa shape index (κ1) is 16.3. The summed E-state index contributed by atoms with van der Waals surface area (Å²) in [5.74, 6) is 0.137. The average Bonchev–Trinajstić information content (AvgIpc) is 3.26. The van der Waals surface area contributed by atoms with Crippen molar-refractivity contribution in [3.8, 4) is 0 Å². The molecule has 2 N–H and O–H groups in total. The molecule has 132 valence electrons. The number of carbonyl (C=O) groups is 1. The molecule has 1 aliphatic carbocycles. The van der Waals surface area contributed by atoms with E-state index in [1.807, 2.05) is 18.5 Å². The van der Waals surface area contributed by atoms with E-state index in [-0.39, 0.29) is 11.3 Å². The number of H-pyrrole nitrogens is 1. The highest BCUT2D eigenvalue weighted by atomic mass is 16.2. The monoisotopic (exact) mass is 338 g/mol. The van der Waals surface area contributed by atoms with Crippen LogP contribution in [0.2, 0.25) is 0 Å². The van der Waals surface area contributed by atoms with Gasteiger partial charge in [0.2, 0.25) is 5.91 Å². The van der Waals surface area contributed by atoms with Crippen molar-refractivity contribution in [2.45, 2.75) is 43.6 Å². The lowest BCUT2D eigenvalue weighted by Crippen LogP contribution is -2.43. The van der Waals surface area contributed by atoms with Crippen LogP contribution < -0.4 is 5.32 Å². The van der Waals surface area contributed by atoms with E-state index in [0.29, 0.717) is 12.6 Å². The van der Waals surface area contributed by atoms with Gasteiger partial charge in [0.1, 0.15) is 0 Å². The molecule has 25 heavy (non-hydrogen) atoms. The van der Waals surface area contributed by atoms with E-state index in [2.05, 4.69) is 44.7 Å². The van der Waals surface area contributed by atoms with Gasteiger partial charge in [-0.3, -0.25) is 14.8 Å². The minimum Gasteiger partial charge on any atom is -0.354 e. The van der Waals surface area contributed by atoms with Crippen molar-refractivity contribution in [3.63, 3.8) is 0 Å². The summed E-state index contributed by atoms with van der Waals surface area (Å²) < 4.78 is 0. The fourth-order valence-corrected chi connectivity index (χ4v) is 4.02. The Labute approximate surface area is 148 Å². The molecule has 1 saturated carbocycles. The fraction of sp³-hybridized carbons (Fsp3) is 0.500. The summed E-state index contributed by atoms with van der Waals surface area (Å²) in [5.41, 5.74) is 2.71. The summed E-state index contributed by atoms with van der Waals surface area (Å²) >= 11 is 0. The smallest absolute Gasteiger partial charge is 0.234 e. The van der Waals surface area contributed by atoms with E-state index in [1.54, 1.807) is 0 Å². The quantitative estimate of drug-likeness (QED) is 0.851. The number of hydrogen-bond acceptors (Lipinski definition) is 3. The standard InChI is InChI=1S/C20H26N4O/c25-19(21-15-20(9-10-20)17-6-2-1-3-7-17)14-24-11-5-4-8-18(24)16-12-22-23-13-16/h1-3,6-7,12-13,18H,4-5,8-11,14-15H2,(H,21,25)(H,22,23)/t18-/m0/s1. The number of amides is 1. The zero-order valence-electron chi connectivity index (χ0n) is 14.6. The Hall–Kier alpha value is -2.14. The molecule has 2 aliphatic rings. The molecule has 5 nitrogen and oxygen atoms in total. The van der Waals surface area contributed by atoms with Gasteiger partial charge in [-0.1, -0.05) is 36.8 Å². The number of hydrogen-bond donors (Lipinski definition) is 2. The second-order valence-electron chi connectivity index (χ2n) is 7.44.